The molecule has 238 valence electrons. The lowest BCUT2D eigenvalue weighted by Crippen LogP contribution is -2.47. The van der Waals surface area contributed by atoms with Crippen molar-refractivity contribution >= 4 is 22.6 Å². The largest absolute Gasteiger partial charge is 0.326 e. The molecule has 0 N–H and O–H groups in total. The Kier molecular flexibility index (Phi) is 10.5. The highest BCUT2D eigenvalue weighted by Crippen LogP contribution is 2.37. The third-order valence-corrected chi connectivity index (χ3v) is 11.8. The van der Waals surface area contributed by atoms with Crippen LogP contribution in [0.3, 0.4) is 0 Å². The highest BCUT2D eigenvalue weighted by Gasteiger charge is 2.38. The second-order valence-corrected chi connectivity index (χ2v) is 16.9. The summed E-state index contributed by atoms with van der Waals surface area (Å²) in [5, 5.41) is 1.16. The first-order chi connectivity index (χ1) is 22.5. The molecule has 0 saturated heterocycles. The van der Waals surface area contributed by atoms with Gasteiger partial charge in [-0.05, 0) is 50.0 Å². The van der Waals surface area contributed by atoms with Gasteiger partial charge in [-0.25, -0.2) is 4.98 Å². The number of hydrogen-bond acceptors (Lipinski definition) is 1. The summed E-state index contributed by atoms with van der Waals surface area (Å²) < 4.78 is 2.36. The van der Waals surface area contributed by atoms with E-state index in [1.165, 1.54) is 38.6 Å². The number of benzene rings is 5. The van der Waals surface area contributed by atoms with Gasteiger partial charge >= 0.3 is 0 Å². The molecule has 2 nitrogen and oxygen atoms in total. The SMILES string of the molecule is BC(c1ccccc1)c1ccccc1.CC(C)(C)c1cccc(C([SiH2]c2ccccc2)(c2cccc(C(C)(C)C)c2)n2ccnc2)c1. The lowest BCUT2D eigenvalue weighted by molar-refractivity contribution is 0.565. The van der Waals surface area contributed by atoms with Crippen molar-refractivity contribution in [3.05, 3.63) is 192 Å². The minimum atomic E-state index is -0.866. The van der Waals surface area contributed by atoms with Crippen molar-refractivity contribution in [1.82, 2.24) is 9.55 Å². The van der Waals surface area contributed by atoms with Gasteiger partial charge in [0.15, 0.2) is 0 Å². The van der Waals surface area contributed by atoms with E-state index in [4.69, 9.17) is 0 Å². The number of aromatic nitrogens is 2. The van der Waals surface area contributed by atoms with Crippen LogP contribution >= 0.6 is 0 Å². The molecule has 0 amide bonds. The van der Waals surface area contributed by atoms with Gasteiger partial charge in [0, 0.05) is 12.4 Å². The molecule has 0 aliphatic heterocycles. The van der Waals surface area contributed by atoms with Crippen LogP contribution in [0, 0.1) is 0 Å². The van der Waals surface area contributed by atoms with Crippen LogP contribution < -0.4 is 5.19 Å². The van der Waals surface area contributed by atoms with E-state index < -0.39 is 9.52 Å². The fraction of sp³-hybridized carbons (Fsp3) is 0.233. The van der Waals surface area contributed by atoms with Gasteiger partial charge in [-0.2, -0.15) is 0 Å². The average Bonchev–Trinajstić information content (AvgIpc) is 3.63. The van der Waals surface area contributed by atoms with Gasteiger partial charge in [-0.1, -0.05) is 186 Å². The summed E-state index contributed by atoms with van der Waals surface area (Å²) >= 11 is 0. The summed E-state index contributed by atoms with van der Waals surface area (Å²) in [6, 6.07) is 50.7. The molecule has 4 heteroatoms. The van der Waals surface area contributed by atoms with E-state index in [9.17, 15) is 0 Å². The molecular weight excluding hydrogens is 583 g/mol. The molecule has 0 spiro atoms. The first kappa shape index (κ1) is 33.9. The van der Waals surface area contributed by atoms with Crippen LogP contribution in [0.25, 0.3) is 0 Å². The van der Waals surface area contributed by atoms with Gasteiger partial charge < -0.3 is 4.57 Å². The zero-order valence-corrected chi connectivity index (χ0v) is 30.6. The van der Waals surface area contributed by atoms with Gasteiger partial charge in [0.1, 0.15) is 7.85 Å². The fourth-order valence-electron chi connectivity index (χ4n) is 6.30. The number of hydrogen-bond donors (Lipinski definition) is 0. The maximum atomic E-state index is 4.51. The third-order valence-electron chi connectivity index (χ3n) is 9.26. The summed E-state index contributed by atoms with van der Waals surface area (Å²) in [4.78, 5) is 4.51. The highest BCUT2D eigenvalue weighted by atomic mass is 28.2. The predicted octanol–water partition coefficient (Wildman–Crippen LogP) is 8.13. The Morgan fingerprint density at radius 3 is 1.38 bits per heavy atom. The molecule has 0 fully saturated rings. The molecule has 0 bridgehead atoms. The van der Waals surface area contributed by atoms with Crippen LogP contribution in [0.1, 0.15) is 80.7 Å². The Balaban J connectivity index is 0.000000257. The molecule has 1 heterocycles. The summed E-state index contributed by atoms with van der Waals surface area (Å²) in [6.45, 7) is 13.7. The predicted molar refractivity (Wildman–Crippen MR) is 207 cm³/mol. The van der Waals surface area contributed by atoms with Gasteiger partial charge in [0.25, 0.3) is 0 Å². The monoisotopic (exact) mass is 632 g/mol. The number of rotatable bonds is 7. The van der Waals surface area contributed by atoms with Crippen LogP contribution in [-0.4, -0.2) is 26.9 Å². The number of nitrogens with zero attached hydrogens (tertiary/aromatic N) is 2. The van der Waals surface area contributed by atoms with Crippen LogP contribution in [0.5, 0.6) is 0 Å². The Labute approximate surface area is 286 Å². The maximum Gasteiger partial charge on any atom is 0.116 e. The van der Waals surface area contributed by atoms with E-state index in [1.54, 1.807) is 0 Å². The van der Waals surface area contributed by atoms with Crippen molar-refractivity contribution in [3.63, 3.8) is 0 Å². The maximum absolute atomic E-state index is 4.51. The minimum absolute atomic E-state index is 0.0816. The van der Waals surface area contributed by atoms with Crippen LogP contribution in [0.4, 0.5) is 0 Å². The summed E-state index contributed by atoms with van der Waals surface area (Å²) in [6.07, 6.45) is 6.06. The lowest BCUT2D eigenvalue weighted by Gasteiger charge is -2.38. The summed E-state index contributed by atoms with van der Waals surface area (Å²) in [5.41, 5.74) is 8.31. The second kappa shape index (κ2) is 14.6. The van der Waals surface area contributed by atoms with E-state index >= 15 is 0 Å². The van der Waals surface area contributed by atoms with Gasteiger partial charge in [0.2, 0.25) is 0 Å². The molecule has 1 aromatic heterocycles. The Morgan fingerprint density at radius 2 is 0.979 bits per heavy atom. The van der Waals surface area contributed by atoms with Crippen LogP contribution in [0.15, 0.2) is 158 Å². The Bertz CT molecular complexity index is 1720. The summed E-state index contributed by atoms with van der Waals surface area (Å²) in [5.74, 6) is 0.484. The Hall–Kier alpha value is -4.41. The highest BCUT2D eigenvalue weighted by molar-refractivity contribution is 6.57. The molecular formula is C43H49BN2Si. The van der Waals surface area contributed by atoms with E-state index in [-0.39, 0.29) is 16.0 Å². The first-order valence-corrected chi connectivity index (χ1v) is 18.2. The van der Waals surface area contributed by atoms with Crippen LogP contribution in [-0.2, 0) is 16.0 Å². The van der Waals surface area contributed by atoms with Crippen LogP contribution in [0.2, 0.25) is 0 Å². The normalized spacial score (nSPS) is 12.2. The quantitative estimate of drug-likeness (QED) is 0.163. The molecule has 47 heavy (non-hydrogen) atoms. The molecule has 0 unspecified atom stereocenters. The van der Waals surface area contributed by atoms with Gasteiger partial charge in [-0.15, -0.1) is 0 Å². The Morgan fingerprint density at radius 1 is 0.553 bits per heavy atom. The fourth-order valence-corrected chi connectivity index (χ4v) is 8.61. The molecule has 6 aromatic rings. The molecule has 0 atom stereocenters. The minimum Gasteiger partial charge on any atom is -0.326 e. The zero-order chi connectivity index (χ0) is 33.5. The molecule has 6 rings (SSSR count). The van der Waals surface area contributed by atoms with E-state index in [1.807, 2.05) is 12.5 Å². The van der Waals surface area contributed by atoms with E-state index in [0.717, 1.165) is 0 Å². The van der Waals surface area contributed by atoms with Crippen molar-refractivity contribution in [2.75, 3.05) is 0 Å². The van der Waals surface area contributed by atoms with Crippen molar-refractivity contribution < 1.29 is 0 Å². The smallest absolute Gasteiger partial charge is 0.116 e. The molecule has 0 radical (unpaired) electrons. The molecule has 0 saturated carbocycles. The molecule has 0 aliphatic carbocycles. The third kappa shape index (κ3) is 8.12. The summed E-state index contributed by atoms with van der Waals surface area (Å²) in [7, 11) is 1.37. The second-order valence-electron chi connectivity index (χ2n) is 14.7. The zero-order valence-electron chi connectivity index (χ0n) is 29.2. The van der Waals surface area contributed by atoms with Gasteiger partial charge in [0.05, 0.1) is 21.0 Å². The van der Waals surface area contributed by atoms with Crippen molar-refractivity contribution in [3.8, 4) is 0 Å². The molecule has 5 aromatic carbocycles. The van der Waals surface area contributed by atoms with E-state index in [0.29, 0.717) is 5.82 Å². The van der Waals surface area contributed by atoms with E-state index in [2.05, 4.69) is 205 Å². The molecule has 0 aliphatic rings. The topological polar surface area (TPSA) is 17.8 Å². The first-order valence-electron chi connectivity index (χ1n) is 16.8. The number of imidazole rings is 1. The van der Waals surface area contributed by atoms with Crippen molar-refractivity contribution in [2.24, 2.45) is 0 Å². The van der Waals surface area contributed by atoms with Crippen molar-refractivity contribution in [1.29, 1.82) is 0 Å². The van der Waals surface area contributed by atoms with Crippen molar-refractivity contribution in [2.45, 2.75) is 63.4 Å². The average molecular weight is 633 g/mol. The standard InChI is InChI=1S/C30H36N2Si.C13H13B/c1-28(2,3)23-12-10-14-25(20-23)30(32-19-18-31-22-32,33-27-16-8-7-9-17-27)26-15-11-13-24(21-26)29(4,5)6;14-13(11-7-3-1-4-8-11)12-9-5-2-6-10-12/h7-22H,33H2,1-6H3;1-10,13H,14H2. The lowest BCUT2D eigenvalue weighted by atomic mass is 9.76. The van der Waals surface area contributed by atoms with Gasteiger partial charge in [-0.3, -0.25) is 0 Å².